The first-order valence-electron chi connectivity index (χ1n) is 6.57. The van der Waals surface area contributed by atoms with Gasteiger partial charge in [-0.2, -0.15) is 0 Å². The fraction of sp³-hybridized carbons (Fsp3) is 0.500. The molecule has 5 heteroatoms. The van der Waals surface area contributed by atoms with Gasteiger partial charge in [-0.05, 0) is 31.5 Å². The van der Waals surface area contributed by atoms with Gasteiger partial charge in [-0.3, -0.25) is 4.79 Å². The lowest BCUT2D eigenvalue weighted by Crippen LogP contribution is -2.32. The number of amides is 1. The van der Waals surface area contributed by atoms with Crippen molar-refractivity contribution in [2.45, 2.75) is 32.8 Å². The molecule has 0 heterocycles. The second-order valence-electron chi connectivity index (χ2n) is 4.34. The second-order valence-corrected chi connectivity index (χ2v) is 4.34. The van der Waals surface area contributed by atoms with Crippen molar-refractivity contribution >= 4 is 11.6 Å². The summed E-state index contributed by atoms with van der Waals surface area (Å²) in [5.74, 6) is 0.329. The number of aliphatic hydroxyl groups excluding tert-OH is 1. The molecule has 4 N–H and O–H groups in total. The Labute approximate surface area is 113 Å². The van der Waals surface area contributed by atoms with Gasteiger partial charge in [0.05, 0.1) is 18.4 Å². The molecule has 1 aromatic carbocycles. The van der Waals surface area contributed by atoms with Gasteiger partial charge in [-0.25, -0.2) is 0 Å². The molecule has 106 valence electrons. The van der Waals surface area contributed by atoms with E-state index in [0.29, 0.717) is 30.0 Å². The second kappa shape index (κ2) is 7.63. The third-order valence-electron chi connectivity index (χ3n) is 2.69. The number of nitrogen functional groups attached to an aromatic ring is 1. The predicted octanol–water partition coefficient (Wildman–Crippen LogP) is 1.56. The quantitative estimate of drug-likeness (QED) is 0.654. The van der Waals surface area contributed by atoms with E-state index in [1.54, 1.807) is 18.2 Å². The topological polar surface area (TPSA) is 84.6 Å². The molecule has 0 aliphatic rings. The molecular formula is C14H22N2O3. The van der Waals surface area contributed by atoms with Gasteiger partial charge in [0.15, 0.2) is 0 Å². The maximum atomic E-state index is 11.9. The standard InChI is InChI=1S/C14H22N2O3/c1-3-5-11(17)9-16-14(18)10-6-7-13(19-4-2)12(15)8-10/h6-8,11,17H,3-5,9,15H2,1-2H3,(H,16,18). The highest BCUT2D eigenvalue weighted by molar-refractivity contribution is 5.95. The molecular weight excluding hydrogens is 244 g/mol. The van der Waals surface area contributed by atoms with Crippen LogP contribution in [0.25, 0.3) is 0 Å². The molecule has 0 fully saturated rings. The molecule has 19 heavy (non-hydrogen) atoms. The lowest BCUT2D eigenvalue weighted by Gasteiger charge is -2.12. The summed E-state index contributed by atoms with van der Waals surface area (Å²) in [7, 11) is 0. The van der Waals surface area contributed by atoms with E-state index < -0.39 is 6.10 Å². The fourth-order valence-corrected chi connectivity index (χ4v) is 1.72. The number of ether oxygens (including phenoxy) is 1. The van der Waals surface area contributed by atoms with E-state index in [9.17, 15) is 9.90 Å². The Bertz CT molecular complexity index is 421. The summed E-state index contributed by atoms with van der Waals surface area (Å²) in [5, 5.41) is 12.2. The maximum Gasteiger partial charge on any atom is 0.251 e. The lowest BCUT2D eigenvalue weighted by molar-refractivity contribution is 0.0910. The smallest absolute Gasteiger partial charge is 0.251 e. The highest BCUT2D eigenvalue weighted by Gasteiger charge is 2.10. The van der Waals surface area contributed by atoms with Crippen molar-refractivity contribution in [3.8, 4) is 5.75 Å². The third kappa shape index (κ3) is 4.79. The van der Waals surface area contributed by atoms with E-state index in [2.05, 4.69) is 5.32 Å². The zero-order chi connectivity index (χ0) is 14.3. The van der Waals surface area contributed by atoms with E-state index in [0.717, 1.165) is 6.42 Å². The maximum absolute atomic E-state index is 11.9. The molecule has 1 amide bonds. The van der Waals surface area contributed by atoms with Gasteiger partial charge in [0.2, 0.25) is 0 Å². The number of anilines is 1. The molecule has 1 rings (SSSR count). The Morgan fingerprint density at radius 3 is 2.79 bits per heavy atom. The van der Waals surface area contributed by atoms with Crippen LogP contribution in [0.5, 0.6) is 5.75 Å². The van der Waals surface area contributed by atoms with Crippen molar-refractivity contribution in [2.24, 2.45) is 0 Å². The van der Waals surface area contributed by atoms with Crippen molar-refractivity contribution in [3.05, 3.63) is 23.8 Å². The summed E-state index contributed by atoms with van der Waals surface area (Å²) in [6, 6.07) is 4.91. The minimum atomic E-state index is -0.506. The zero-order valence-corrected chi connectivity index (χ0v) is 11.5. The Hall–Kier alpha value is -1.75. The Balaban J connectivity index is 2.60. The van der Waals surface area contributed by atoms with E-state index in [1.807, 2.05) is 13.8 Å². The van der Waals surface area contributed by atoms with Crippen LogP contribution in [0.3, 0.4) is 0 Å². The van der Waals surface area contributed by atoms with Crippen LogP contribution in [0.4, 0.5) is 5.69 Å². The average Bonchev–Trinajstić information content (AvgIpc) is 2.39. The Morgan fingerprint density at radius 1 is 1.47 bits per heavy atom. The largest absolute Gasteiger partial charge is 0.492 e. The summed E-state index contributed by atoms with van der Waals surface area (Å²) in [6.45, 7) is 4.63. The van der Waals surface area contributed by atoms with Crippen LogP contribution < -0.4 is 15.8 Å². The number of carbonyl (C=O) groups is 1. The SMILES string of the molecule is CCCC(O)CNC(=O)c1ccc(OCC)c(N)c1. The summed E-state index contributed by atoms with van der Waals surface area (Å²) in [5.41, 5.74) is 6.69. The van der Waals surface area contributed by atoms with Crippen LogP contribution in [0.1, 0.15) is 37.0 Å². The molecule has 1 aromatic rings. The number of benzene rings is 1. The molecule has 1 unspecified atom stereocenters. The number of nitrogens with two attached hydrogens (primary N) is 1. The summed E-state index contributed by atoms with van der Waals surface area (Å²) in [4.78, 5) is 11.9. The van der Waals surface area contributed by atoms with Crippen molar-refractivity contribution < 1.29 is 14.6 Å². The molecule has 0 saturated heterocycles. The van der Waals surface area contributed by atoms with Gasteiger partial charge >= 0.3 is 0 Å². The zero-order valence-electron chi connectivity index (χ0n) is 11.5. The fourth-order valence-electron chi connectivity index (χ4n) is 1.72. The number of rotatable bonds is 7. The van der Waals surface area contributed by atoms with E-state index in [-0.39, 0.29) is 12.5 Å². The van der Waals surface area contributed by atoms with Crippen molar-refractivity contribution in [3.63, 3.8) is 0 Å². The summed E-state index contributed by atoms with van der Waals surface area (Å²) < 4.78 is 5.30. The number of hydrogen-bond donors (Lipinski definition) is 3. The summed E-state index contributed by atoms with van der Waals surface area (Å²) in [6.07, 6.45) is 1.05. The van der Waals surface area contributed by atoms with Crippen LogP contribution in [0.2, 0.25) is 0 Å². The van der Waals surface area contributed by atoms with Gasteiger partial charge in [-0.1, -0.05) is 13.3 Å². The van der Waals surface area contributed by atoms with Gasteiger partial charge < -0.3 is 20.9 Å². The molecule has 0 aromatic heterocycles. The lowest BCUT2D eigenvalue weighted by atomic mass is 10.1. The first-order chi connectivity index (χ1) is 9.08. The summed E-state index contributed by atoms with van der Waals surface area (Å²) >= 11 is 0. The first kappa shape index (κ1) is 15.3. The van der Waals surface area contributed by atoms with Crippen LogP contribution >= 0.6 is 0 Å². The molecule has 0 spiro atoms. The molecule has 0 radical (unpaired) electrons. The molecule has 5 nitrogen and oxygen atoms in total. The van der Waals surface area contributed by atoms with Gasteiger partial charge in [0.25, 0.3) is 5.91 Å². The molecule has 0 aliphatic carbocycles. The van der Waals surface area contributed by atoms with Gasteiger partial charge in [0, 0.05) is 12.1 Å². The first-order valence-corrected chi connectivity index (χ1v) is 6.57. The number of carbonyl (C=O) groups excluding carboxylic acids is 1. The molecule has 0 bridgehead atoms. The van der Waals surface area contributed by atoms with Crippen molar-refractivity contribution in [1.82, 2.24) is 5.32 Å². The number of hydrogen-bond acceptors (Lipinski definition) is 4. The van der Waals surface area contributed by atoms with E-state index in [4.69, 9.17) is 10.5 Å². The normalized spacial score (nSPS) is 11.9. The highest BCUT2D eigenvalue weighted by Crippen LogP contribution is 2.22. The number of nitrogens with one attached hydrogen (secondary N) is 1. The minimum Gasteiger partial charge on any atom is -0.492 e. The monoisotopic (exact) mass is 266 g/mol. The Morgan fingerprint density at radius 2 is 2.21 bits per heavy atom. The van der Waals surface area contributed by atoms with Gasteiger partial charge in [-0.15, -0.1) is 0 Å². The van der Waals surface area contributed by atoms with Crippen LogP contribution in [-0.4, -0.2) is 30.3 Å². The van der Waals surface area contributed by atoms with Crippen molar-refractivity contribution in [1.29, 1.82) is 0 Å². The molecule has 1 atom stereocenters. The van der Waals surface area contributed by atoms with Crippen LogP contribution in [0, 0.1) is 0 Å². The molecule has 0 aliphatic heterocycles. The van der Waals surface area contributed by atoms with Crippen LogP contribution in [-0.2, 0) is 0 Å². The molecule has 0 saturated carbocycles. The predicted molar refractivity (Wildman–Crippen MR) is 75.3 cm³/mol. The van der Waals surface area contributed by atoms with E-state index >= 15 is 0 Å². The van der Waals surface area contributed by atoms with Gasteiger partial charge in [0.1, 0.15) is 5.75 Å². The third-order valence-corrected chi connectivity index (χ3v) is 2.69. The highest BCUT2D eigenvalue weighted by atomic mass is 16.5. The van der Waals surface area contributed by atoms with E-state index in [1.165, 1.54) is 0 Å². The van der Waals surface area contributed by atoms with Crippen molar-refractivity contribution in [2.75, 3.05) is 18.9 Å². The Kier molecular flexibility index (Phi) is 6.15. The average molecular weight is 266 g/mol. The van der Waals surface area contributed by atoms with Crippen LogP contribution in [0.15, 0.2) is 18.2 Å². The number of aliphatic hydroxyl groups is 1. The minimum absolute atomic E-state index is 0.245.